The molecule has 0 saturated carbocycles. The van der Waals surface area contributed by atoms with Crippen LogP contribution in [0.25, 0.3) is 0 Å². The summed E-state index contributed by atoms with van der Waals surface area (Å²) in [4.78, 5) is 11.3. The van der Waals surface area contributed by atoms with Crippen LogP contribution in [-0.4, -0.2) is 5.91 Å². The van der Waals surface area contributed by atoms with E-state index in [0.717, 1.165) is 25.7 Å². The summed E-state index contributed by atoms with van der Waals surface area (Å²) in [5.41, 5.74) is 5.45. The molecule has 0 aromatic rings. The minimum atomic E-state index is -0.0898. The fraction of sp³-hybridized carbons (Fsp3) is 0.941. The molecule has 0 fully saturated rings. The summed E-state index contributed by atoms with van der Waals surface area (Å²) in [5, 5.41) is 0. The van der Waals surface area contributed by atoms with Gasteiger partial charge in [-0.2, -0.15) is 0 Å². The number of carbonyl (C=O) groups excluding carboxylic acids is 1. The molecule has 19 heavy (non-hydrogen) atoms. The van der Waals surface area contributed by atoms with E-state index < -0.39 is 0 Å². The van der Waals surface area contributed by atoms with E-state index in [4.69, 9.17) is 5.73 Å². The Morgan fingerprint density at radius 3 is 1.63 bits per heavy atom. The first-order valence-corrected chi connectivity index (χ1v) is 8.51. The Kier molecular flexibility index (Phi) is 13.5. The highest BCUT2D eigenvalue weighted by molar-refractivity contribution is 5.76. The average molecular weight is 269 g/mol. The molecule has 0 bridgehead atoms. The molecule has 114 valence electrons. The van der Waals surface area contributed by atoms with Gasteiger partial charge in [-0.1, -0.05) is 84.5 Å². The van der Waals surface area contributed by atoms with E-state index >= 15 is 0 Å². The van der Waals surface area contributed by atoms with Gasteiger partial charge in [-0.25, -0.2) is 0 Å². The third-order valence-corrected chi connectivity index (χ3v) is 3.96. The Labute approximate surface area is 120 Å². The van der Waals surface area contributed by atoms with Gasteiger partial charge < -0.3 is 5.73 Å². The van der Waals surface area contributed by atoms with E-state index in [0.29, 0.717) is 0 Å². The van der Waals surface area contributed by atoms with Crippen LogP contribution in [0.3, 0.4) is 0 Å². The fourth-order valence-corrected chi connectivity index (χ4v) is 2.58. The Balaban J connectivity index is 3.37. The van der Waals surface area contributed by atoms with Crippen LogP contribution in [0.4, 0.5) is 0 Å². The van der Waals surface area contributed by atoms with Crippen molar-refractivity contribution >= 4 is 5.91 Å². The summed E-state index contributed by atoms with van der Waals surface area (Å²) in [5.74, 6) is 0.0394. The van der Waals surface area contributed by atoms with Crippen molar-refractivity contribution in [1.82, 2.24) is 0 Å². The molecule has 2 N–H and O–H groups in total. The number of nitrogens with two attached hydrogens (primary N) is 1. The monoisotopic (exact) mass is 269 g/mol. The van der Waals surface area contributed by atoms with Crippen molar-refractivity contribution < 1.29 is 4.79 Å². The van der Waals surface area contributed by atoms with Crippen molar-refractivity contribution in [1.29, 1.82) is 0 Å². The second-order valence-corrected chi connectivity index (χ2v) is 5.86. The van der Waals surface area contributed by atoms with Crippen molar-refractivity contribution in [3.8, 4) is 0 Å². The Morgan fingerprint density at radius 2 is 1.16 bits per heavy atom. The van der Waals surface area contributed by atoms with E-state index in [1.807, 2.05) is 0 Å². The summed E-state index contributed by atoms with van der Waals surface area (Å²) < 4.78 is 0. The maximum absolute atomic E-state index is 11.3. The lowest BCUT2D eigenvalue weighted by Crippen LogP contribution is -2.23. The van der Waals surface area contributed by atoms with Gasteiger partial charge in [0.25, 0.3) is 0 Å². The van der Waals surface area contributed by atoms with Crippen LogP contribution >= 0.6 is 0 Å². The van der Waals surface area contributed by atoms with Crippen molar-refractivity contribution in [3.05, 3.63) is 0 Å². The van der Waals surface area contributed by atoms with Gasteiger partial charge in [-0.05, 0) is 12.8 Å². The number of primary amides is 1. The molecular formula is C17H35NO. The normalized spacial score (nSPS) is 12.5. The molecule has 0 rings (SSSR count). The van der Waals surface area contributed by atoms with E-state index in [1.165, 1.54) is 57.8 Å². The van der Waals surface area contributed by atoms with Gasteiger partial charge in [0.05, 0.1) is 0 Å². The number of hydrogen-bond acceptors (Lipinski definition) is 1. The van der Waals surface area contributed by atoms with Crippen LogP contribution in [0.2, 0.25) is 0 Å². The van der Waals surface area contributed by atoms with Gasteiger partial charge in [-0.15, -0.1) is 0 Å². The highest BCUT2D eigenvalue weighted by Gasteiger charge is 2.13. The van der Waals surface area contributed by atoms with Crippen LogP contribution in [0, 0.1) is 5.92 Å². The molecule has 0 aliphatic rings. The molecule has 2 nitrogen and oxygen atoms in total. The molecule has 1 unspecified atom stereocenters. The van der Waals surface area contributed by atoms with Crippen LogP contribution in [-0.2, 0) is 4.79 Å². The zero-order valence-corrected chi connectivity index (χ0v) is 13.3. The number of hydrogen-bond donors (Lipinski definition) is 1. The largest absolute Gasteiger partial charge is 0.369 e. The zero-order valence-electron chi connectivity index (χ0n) is 13.3. The zero-order chi connectivity index (χ0) is 14.3. The first-order valence-electron chi connectivity index (χ1n) is 8.51. The van der Waals surface area contributed by atoms with Crippen LogP contribution in [0.1, 0.15) is 97.3 Å². The summed E-state index contributed by atoms with van der Waals surface area (Å²) in [7, 11) is 0. The third kappa shape index (κ3) is 12.3. The lowest BCUT2D eigenvalue weighted by molar-refractivity contribution is -0.122. The predicted molar refractivity (Wildman–Crippen MR) is 84.1 cm³/mol. The topological polar surface area (TPSA) is 43.1 Å². The quantitative estimate of drug-likeness (QED) is 0.433. The molecule has 0 heterocycles. The summed E-state index contributed by atoms with van der Waals surface area (Å²) in [6.07, 6.45) is 16.3. The standard InChI is InChI=1S/C17H35NO/c1-3-5-7-8-9-10-11-12-13-15-16(17(18)19)14-6-4-2/h16H,3-15H2,1-2H3,(H2,18,19). The van der Waals surface area contributed by atoms with E-state index in [2.05, 4.69) is 13.8 Å². The first-order chi connectivity index (χ1) is 9.22. The average Bonchev–Trinajstić information content (AvgIpc) is 2.39. The number of amides is 1. The molecule has 0 aromatic heterocycles. The minimum absolute atomic E-state index is 0.0898. The molecule has 0 aliphatic heterocycles. The lowest BCUT2D eigenvalue weighted by Gasteiger charge is -2.12. The lowest BCUT2D eigenvalue weighted by atomic mass is 9.94. The van der Waals surface area contributed by atoms with E-state index in [-0.39, 0.29) is 11.8 Å². The molecule has 0 aliphatic carbocycles. The van der Waals surface area contributed by atoms with Gasteiger partial charge in [0, 0.05) is 5.92 Å². The van der Waals surface area contributed by atoms with E-state index in [1.54, 1.807) is 0 Å². The van der Waals surface area contributed by atoms with Crippen LogP contribution in [0.5, 0.6) is 0 Å². The SMILES string of the molecule is CCCCCCCCCCCC(CCCC)C(N)=O. The van der Waals surface area contributed by atoms with Crippen molar-refractivity contribution in [3.63, 3.8) is 0 Å². The third-order valence-electron chi connectivity index (χ3n) is 3.96. The predicted octanol–water partition coefficient (Wildman–Crippen LogP) is 5.20. The van der Waals surface area contributed by atoms with Gasteiger partial charge in [0.2, 0.25) is 5.91 Å². The van der Waals surface area contributed by atoms with Gasteiger partial charge in [0.1, 0.15) is 0 Å². The highest BCUT2D eigenvalue weighted by atomic mass is 16.1. The first kappa shape index (κ1) is 18.5. The van der Waals surface area contributed by atoms with Crippen LogP contribution in [0.15, 0.2) is 0 Å². The van der Waals surface area contributed by atoms with Gasteiger partial charge in [-0.3, -0.25) is 4.79 Å². The van der Waals surface area contributed by atoms with E-state index in [9.17, 15) is 4.79 Å². The molecule has 0 spiro atoms. The second-order valence-electron chi connectivity index (χ2n) is 5.86. The highest BCUT2D eigenvalue weighted by Crippen LogP contribution is 2.17. The van der Waals surface area contributed by atoms with Crippen molar-refractivity contribution in [2.75, 3.05) is 0 Å². The summed E-state index contributed by atoms with van der Waals surface area (Å²) >= 11 is 0. The maximum Gasteiger partial charge on any atom is 0.220 e. The molecular weight excluding hydrogens is 234 g/mol. The summed E-state index contributed by atoms with van der Waals surface area (Å²) in [6.45, 7) is 4.42. The van der Waals surface area contributed by atoms with Crippen molar-refractivity contribution in [2.45, 2.75) is 97.3 Å². The maximum atomic E-state index is 11.3. The Hall–Kier alpha value is -0.530. The van der Waals surface area contributed by atoms with Gasteiger partial charge in [0.15, 0.2) is 0 Å². The summed E-state index contributed by atoms with van der Waals surface area (Å²) in [6, 6.07) is 0. The van der Waals surface area contributed by atoms with Gasteiger partial charge >= 0.3 is 0 Å². The molecule has 0 saturated heterocycles. The number of rotatable bonds is 14. The number of unbranched alkanes of at least 4 members (excludes halogenated alkanes) is 9. The van der Waals surface area contributed by atoms with Crippen molar-refractivity contribution in [2.24, 2.45) is 11.7 Å². The number of carbonyl (C=O) groups is 1. The Morgan fingerprint density at radius 1 is 0.737 bits per heavy atom. The molecule has 2 heteroatoms. The minimum Gasteiger partial charge on any atom is -0.369 e. The molecule has 1 atom stereocenters. The molecule has 0 radical (unpaired) electrons. The smallest absolute Gasteiger partial charge is 0.220 e. The molecule has 0 aromatic carbocycles. The second kappa shape index (κ2) is 13.9. The fourth-order valence-electron chi connectivity index (χ4n) is 2.58. The molecule has 1 amide bonds. The van der Waals surface area contributed by atoms with Crippen LogP contribution < -0.4 is 5.73 Å². The Bertz CT molecular complexity index is 203.